The van der Waals surface area contributed by atoms with Gasteiger partial charge in [-0.25, -0.2) is 4.98 Å². The maximum atomic E-state index is 8.97. The molecule has 2 N–H and O–H groups in total. The van der Waals surface area contributed by atoms with Crippen molar-refractivity contribution < 1.29 is 9.47 Å². The number of halogens is 1. The third kappa shape index (κ3) is 3.77. The molecule has 4 rings (SSSR count). The summed E-state index contributed by atoms with van der Waals surface area (Å²) >= 11 is 6.25. The predicted molar refractivity (Wildman–Crippen MR) is 102 cm³/mol. The van der Waals surface area contributed by atoms with Gasteiger partial charge in [0.1, 0.15) is 12.4 Å². The number of ether oxygens (including phenoxy) is 2. The van der Waals surface area contributed by atoms with Crippen LogP contribution in [0, 0.1) is 11.3 Å². The summed E-state index contributed by atoms with van der Waals surface area (Å²) < 4.78 is 11.7. The zero-order valence-electron chi connectivity index (χ0n) is 14.9. The predicted octanol–water partition coefficient (Wildman–Crippen LogP) is 3.42. The molecule has 7 nitrogen and oxygen atoms in total. The van der Waals surface area contributed by atoms with Gasteiger partial charge >= 0.3 is 0 Å². The van der Waals surface area contributed by atoms with Gasteiger partial charge < -0.3 is 20.1 Å². The van der Waals surface area contributed by atoms with Crippen molar-refractivity contribution in [1.82, 2.24) is 15.3 Å². The number of anilines is 2. The molecule has 2 unspecified atom stereocenters. The van der Waals surface area contributed by atoms with E-state index in [1.807, 2.05) is 0 Å². The number of piperidine rings is 1. The highest BCUT2D eigenvalue weighted by Crippen LogP contribution is 2.37. The zero-order valence-corrected chi connectivity index (χ0v) is 15.7. The lowest BCUT2D eigenvalue weighted by Crippen LogP contribution is -2.42. The first kappa shape index (κ1) is 17.8. The second-order valence-corrected chi connectivity index (χ2v) is 7.25. The number of hydrogen-bond donors (Lipinski definition) is 2. The normalized spacial score (nSPS) is 23.5. The van der Waals surface area contributed by atoms with E-state index in [2.05, 4.69) is 26.7 Å². The van der Waals surface area contributed by atoms with E-state index in [1.54, 1.807) is 25.3 Å². The standard InChI is InChI=1S/C19H20ClN5O2/c1-26-17-18(25-16-5-2-11(9-21)6-15(16)20)22-10-23-19(17)27-14-7-12-3-4-13(8-14)24-12/h2,5-6,10,12-14,24H,3-4,7-8H2,1H3,(H,22,23,25). The van der Waals surface area contributed by atoms with Gasteiger partial charge in [-0.2, -0.15) is 10.2 Å². The molecule has 2 aromatic rings. The summed E-state index contributed by atoms with van der Waals surface area (Å²) in [4.78, 5) is 8.53. The molecule has 0 aliphatic carbocycles. The van der Waals surface area contributed by atoms with Crippen molar-refractivity contribution in [2.24, 2.45) is 0 Å². The van der Waals surface area contributed by atoms with Crippen molar-refractivity contribution >= 4 is 23.1 Å². The summed E-state index contributed by atoms with van der Waals surface area (Å²) in [6, 6.07) is 8.12. The van der Waals surface area contributed by atoms with E-state index >= 15 is 0 Å². The van der Waals surface area contributed by atoms with E-state index in [0.29, 0.717) is 45.8 Å². The van der Waals surface area contributed by atoms with Crippen molar-refractivity contribution in [2.45, 2.75) is 43.9 Å². The fourth-order valence-electron chi connectivity index (χ4n) is 3.79. The van der Waals surface area contributed by atoms with Crippen LogP contribution in [0.4, 0.5) is 11.5 Å². The summed E-state index contributed by atoms with van der Waals surface area (Å²) in [5, 5.41) is 16.1. The Bertz CT molecular complexity index is 873. The number of nitriles is 1. The van der Waals surface area contributed by atoms with E-state index in [0.717, 1.165) is 12.8 Å². The number of methoxy groups -OCH3 is 1. The lowest BCUT2D eigenvalue weighted by molar-refractivity contribution is 0.127. The van der Waals surface area contributed by atoms with Crippen LogP contribution in [0.3, 0.4) is 0 Å². The van der Waals surface area contributed by atoms with Crippen LogP contribution in [0.1, 0.15) is 31.2 Å². The minimum atomic E-state index is 0.110. The van der Waals surface area contributed by atoms with E-state index < -0.39 is 0 Å². The fourth-order valence-corrected chi connectivity index (χ4v) is 4.02. The Hall–Kier alpha value is -2.56. The molecule has 0 amide bonds. The van der Waals surface area contributed by atoms with E-state index in [-0.39, 0.29) is 6.10 Å². The Labute approximate surface area is 162 Å². The Morgan fingerprint density at radius 1 is 1.26 bits per heavy atom. The number of benzene rings is 1. The first-order chi connectivity index (χ1) is 13.2. The second kappa shape index (κ2) is 7.59. The minimum absolute atomic E-state index is 0.110. The molecule has 0 saturated carbocycles. The molecule has 1 aromatic carbocycles. The largest absolute Gasteiger partial charge is 0.489 e. The van der Waals surface area contributed by atoms with Crippen LogP contribution in [0.25, 0.3) is 0 Å². The van der Waals surface area contributed by atoms with Gasteiger partial charge in [-0.15, -0.1) is 0 Å². The van der Waals surface area contributed by atoms with Crippen molar-refractivity contribution in [3.8, 4) is 17.7 Å². The maximum Gasteiger partial charge on any atom is 0.262 e. The first-order valence-corrected chi connectivity index (χ1v) is 9.32. The SMILES string of the molecule is COc1c(Nc2ccc(C#N)cc2Cl)ncnc1OC1CC2CCC(C1)N2. The maximum absolute atomic E-state index is 8.97. The molecule has 27 heavy (non-hydrogen) atoms. The molecular formula is C19H20ClN5O2. The Morgan fingerprint density at radius 3 is 2.70 bits per heavy atom. The molecule has 2 aliphatic heterocycles. The van der Waals surface area contributed by atoms with Gasteiger partial charge in [-0.3, -0.25) is 0 Å². The van der Waals surface area contributed by atoms with Crippen molar-refractivity contribution in [1.29, 1.82) is 5.26 Å². The number of rotatable bonds is 5. The third-order valence-corrected chi connectivity index (χ3v) is 5.35. The average Bonchev–Trinajstić information content (AvgIpc) is 3.02. The molecule has 3 heterocycles. The van der Waals surface area contributed by atoms with Crippen LogP contribution >= 0.6 is 11.6 Å². The van der Waals surface area contributed by atoms with E-state index in [9.17, 15) is 0 Å². The van der Waals surface area contributed by atoms with Gasteiger partial charge in [0.05, 0.1) is 29.5 Å². The second-order valence-electron chi connectivity index (χ2n) is 6.84. The molecule has 2 aliphatic rings. The highest BCUT2D eigenvalue weighted by Gasteiger charge is 2.35. The summed E-state index contributed by atoms with van der Waals surface area (Å²) in [6.45, 7) is 0. The van der Waals surface area contributed by atoms with E-state index in [1.165, 1.54) is 19.2 Å². The van der Waals surface area contributed by atoms with Crippen molar-refractivity contribution in [3.05, 3.63) is 35.1 Å². The molecule has 0 radical (unpaired) electrons. The average molecular weight is 386 g/mol. The highest BCUT2D eigenvalue weighted by atomic mass is 35.5. The molecular weight excluding hydrogens is 366 g/mol. The quantitative estimate of drug-likeness (QED) is 0.814. The Morgan fingerprint density at radius 2 is 2.04 bits per heavy atom. The summed E-state index contributed by atoms with van der Waals surface area (Å²) in [6.07, 6.45) is 5.89. The molecule has 2 fully saturated rings. The third-order valence-electron chi connectivity index (χ3n) is 5.03. The van der Waals surface area contributed by atoms with Crippen LogP contribution in [0.2, 0.25) is 5.02 Å². The summed E-state index contributed by atoms with van der Waals surface area (Å²) in [7, 11) is 1.56. The van der Waals surface area contributed by atoms with Crippen molar-refractivity contribution in [3.63, 3.8) is 0 Å². The van der Waals surface area contributed by atoms with E-state index in [4.69, 9.17) is 26.3 Å². The molecule has 0 spiro atoms. The fraction of sp³-hybridized carbons (Fsp3) is 0.421. The molecule has 2 bridgehead atoms. The molecule has 1 aromatic heterocycles. The number of nitrogens with one attached hydrogen (secondary N) is 2. The van der Waals surface area contributed by atoms with Gasteiger partial charge in [0.15, 0.2) is 5.82 Å². The van der Waals surface area contributed by atoms with Crippen molar-refractivity contribution in [2.75, 3.05) is 12.4 Å². The lowest BCUT2D eigenvalue weighted by atomic mass is 10.0. The summed E-state index contributed by atoms with van der Waals surface area (Å²) in [5.41, 5.74) is 1.11. The summed E-state index contributed by atoms with van der Waals surface area (Å²) in [5.74, 6) is 1.32. The van der Waals surface area contributed by atoms with Gasteiger partial charge in [0.25, 0.3) is 5.88 Å². The van der Waals surface area contributed by atoms with Crippen LogP contribution in [-0.4, -0.2) is 35.3 Å². The molecule has 140 valence electrons. The number of aromatic nitrogens is 2. The Balaban J connectivity index is 1.55. The first-order valence-electron chi connectivity index (χ1n) is 8.94. The van der Waals surface area contributed by atoms with Gasteiger partial charge in [0.2, 0.25) is 5.75 Å². The Kier molecular flexibility index (Phi) is 5.01. The zero-order chi connectivity index (χ0) is 18.8. The molecule has 2 saturated heterocycles. The minimum Gasteiger partial charge on any atom is -0.489 e. The molecule has 2 atom stereocenters. The van der Waals surface area contributed by atoms with Crippen LogP contribution in [-0.2, 0) is 0 Å². The monoisotopic (exact) mass is 385 g/mol. The van der Waals surface area contributed by atoms with Gasteiger partial charge in [-0.1, -0.05) is 11.6 Å². The number of fused-ring (bicyclic) bond motifs is 2. The van der Waals surface area contributed by atoms with Crippen LogP contribution in [0.5, 0.6) is 11.6 Å². The lowest BCUT2D eigenvalue weighted by Gasteiger charge is -2.29. The number of nitrogens with zero attached hydrogens (tertiary/aromatic N) is 3. The van der Waals surface area contributed by atoms with Gasteiger partial charge in [-0.05, 0) is 43.9 Å². The smallest absolute Gasteiger partial charge is 0.262 e. The molecule has 8 heteroatoms. The van der Waals surface area contributed by atoms with Crippen LogP contribution in [0.15, 0.2) is 24.5 Å². The number of hydrogen-bond acceptors (Lipinski definition) is 7. The van der Waals surface area contributed by atoms with Gasteiger partial charge in [0, 0.05) is 12.1 Å². The highest BCUT2D eigenvalue weighted by molar-refractivity contribution is 6.33. The topological polar surface area (TPSA) is 92.1 Å². The van der Waals surface area contributed by atoms with Crippen LogP contribution < -0.4 is 20.1 Å².